The van der Waals surface area contributed by atoms with Gasteiger partial charge in [0.1, 0.15) is 0 Å². The first-order valence-electron chi connectivity index (χ1n) is 5.84. The zero-order chi connectivity index (χ0) is 12.3. The number of hydrogen-bond donors (Lipinski definition) is 2. The van der Waals surface area contributed by atoms with Crippen molar-refractivity contribution in [2.75, 3.05) is 13.1 Å². The van der Waals surface area contributed by atoms with E-state index in [4.69, 9.17) is 10.8 Å². The average Bonchev–Trinajstić information content (AvgIpc) is 2.60. The molecule has 92 valence electrons. The Hall–Kier alpha value is -1.39. The Labute approximate surface area is 101 Å². The van der Waals surface area contributed by atoms with Crippen molar-refractivity contribution >= 4 is 5.97 Å². The molecule has 1 unspecified atom stereocenters. The number of nitrogens with zero attached hydrogens (tertiary/aromatic N) is 1. The lowest BCUT2D eigenvalue weighted by Gasteiger charge is -2.22. The van der Waals surface area contributed by atoms with Crippen LogP contribution >= 0.6 is 0 Å². The van der Waals surface area contributed by atoms with Gasteiger partial charge in [-0.2, -0.15) is 0 Å². The first-order chi connectivity index (χ1) is 8.07. The number of benzene rings is 1. The zero-order valence-corrected chi connectivity index (χ0v) is 9.80. The molecule has 17 heavy (non-hydrogen) atoms. The molecule has 1 aliphatic rings. The minimum Gasteiger partial charge on any atom is -0.481 e. The summed E-state index contributed by atoms with van der Waals surface area (Å²) in [7, 11) is 0. The molecule has 1 aliphatic heterocycles. The summed E-state index contributed by atoms with van der Waals surface area (Å²) in [6, 6.07) is 10.2. The lowest BCUT2D eigenvalue weighted by Crippen LogP contribution is -2.44. The molecule has 2 rings (SSSR count). The lowest BCUT2D eigenvalue weighted by atomic mass is 9.96. The monoisotopic (exact) mass is 234 g/mol. The van der Waals surface area contributed by atoms with Crippen LogP contribution in [0.5, 0.6) is 0 Å². The van der Waals surface area contributed by atoms with Crippen molar-refractivity contribution in [1.29, 1.82) is 0 Å². The third-order valence-corrected chi connectivity index (χ3v) is 3.22. The maximum Gasteiger partial charge on any atom is 0.305 e. The summed E-state index contributed by atoms with van der Waals surface area (Å²) in [4.78, 5) is 12.9. The van der Waals surface area contributed by atoms with Crippen molar-refractivity contribution < 1.29 is 9.90 Å². The van der Waals surface area contributed by atoms with E-state index in [0.717, 1.165) is 19.5 Å². The standard InChI is InChI=1S/C13H18N2O2/c14-13(8-12(16)17)6-7-15(10-13)9-11-4-2-1-3-5-11/h1-5H,6-10,14H2,(H,16,17). The Balaban J connectivity index is 1.92. The molecule has 1 atom stereocenters. The number of carboxylic acids is 1. The molecular weight excluding hydrogens is 216 g/mol. The fraction of sp³-hybridized carbons (Fsp3) is 0.462. The molecule has 1 aromatic rings. The summed E-state index contributed by atoms with van der Waals surface area (Å²) >= 11 is 0. The molecule has 1 fully saturated rings. The lowest BCUT2D eigenvalue weighted by molar-refractivity contribution is -0.138. The molecule has 0 saturated carbocycles. The van der Waals surface area contributed by atoms with Crippen LogP contribution in [0.2, 0.25) is 0 Å². The molecule has 0 aliphatic carbocycles. The van der Waals surface area contributed by atoms with Crippen LogP contribution in [0.1, 0.15) is 18.4 Å². The van der Waals surface area contributed by atoms with E-state index in [2.05, 4.69) is 17.0 Å². The van der Waals surface area contributed by atoms with Crippen LogP contribution in [0.3, 0.4) is 0 Å². The number of rotatable bonds is 4. The van der Waals surface area contributed by atoms with E-state index in [9.17, 15) is 4.79 Å². The molecular formula is C13H18N2O2. The van der Waals surface area contributed by atoms with Crippen LogP contribution in [-0.2, 0) is 11.3 Å². The Bertz CT molecular complexity index is 394. The largest absolute Gasteiger partial charge is 0.481 e. The third-order valence-electron chi connectivity index (χ3n) is 3.22. The summed E-state index contributed by atoms with van der Waals surface area (Å²) in [6.45, 7) is 2.38. The van der Waals surface area contributed by atoms with E-state index in [0.29, 0.717) is 6.54 Å². The molecule has 0 bridgehead atoms. The zero-order valence-electron chi connectivity index (χ0n) is 9.80. The number of carbonyl (C=O) groups is 1. The smallest absolute Gasteiger partial charge is 0.305 e. The van der Waals surface area contributed by atoms with Gasteiger partial charge in [0.05, 0.1) is 6.42 Å². The summed E-state index contributed by atoms with van der Waals surface area (Å²) in [5.41, 5.74) is 6.77. The highest BCUT2D eigenvalue weighted by Gasteiger charge is 2.36. The van der Waals surface area contributed by atoms with E-state index in [1.165, 1.54) is 5.56 Å². The van der Waals surface area contributed by atoms with Gasteiger partial charge in [0, 0.05) is 25.2 Å². The topological polar surface area (TPSA) is 66.6 Å². The molecule has 4 heteroatoms. The van der Waals surface area contributed by atoms with Crippen LogP contribution < -0.4 is 5.73 Å². The van der Waals surface area contributed by atoms with E-state index < -0.39 is 11.5 Å². The minimum atomic E-state index is -0.811. The van der Waals surface area contributed by atoms with Gasteiger partial charge in [-0.05, 0) is 12.0 Å². The Morgan fingerprint density at radius 3 is 2.76 bits per heavy atom. The van der Waals surface area contributed by atoms with Crippen molar-refractivity contribution in [1.82, 2.24) is 4.90 Å². The molecule has 1 heterocycles. The maximum absolute atomic E-state index is 10.7. The summed E-state index contributed by atoms with van der Waals surface area (Å²) < 4.78 is 0. The van der Waals surface area contributed by atoms with Crippen molar-refractivity contribution in [3.05, 3.63) is 35.9 Å². The van der Waals surface area contributed by atoms with Gasteiger partial charge in [-0.1, -0.05) is 30.3 Å². The Morgan fingerprint density at radius 2 is 2.12 bits per heavy atom. The van der Waals surface area contributed by atoms with E-state index in [1.807, 2.05) is 18.2 Å². The average molecular weight is 234 g/mol. The van der Waals surface area contributed by atoms with Gasteiger partial charge < -0.3 is 10.8 Å². The fourth-order valence-electron chi connectivity index (χ4n) is 2.41. The second kappa shape index (κ2) is 4.85. The summed E-state index contributed by atoms with van der Waals surface area (Å²) in [5.74, 6) is -0.811. The van der Waals surface area contributed by atoms with E-state index >= 15 is 0 Å². The molecule has 0 aromatic heterocycles. The second-order valence-electron chi connectivity index (χ2n) is 4.88. The van der Waals surface area contributed by atoms with Crippen LogP contribution in [0.15, 0.2) is 30.3 Å². The number of likely N-dealkylation sites (tertiary alicyclic amines) is 1. The number of hydrogen-bond acceptors (Lipinski definition) is 3. The van der Waals surface area contributed by atoms with Gasteiger partial charge in [0.2, 0.25) is 0 Å². The van der Waals surface area contributed by atoms with Gasteiger partial charge in [0.15, 0.2) is 0 Å². The highest BCUT2D eigenvalue weighted by atomic mass is 16.4. The summed E-state index contributed by atoms with van der Waals surface area (Å²) in [6.07, 6.45) is 0.810. The predicted molar refractivity (Wildman–Crippen MR) is 65.5 cm³/mol. The maximum atomic E-state index is 10.7. The molecule has 0 radical (unpaired) electrons. The van der Waals surface area contributed by atoms with E-state index in [-0.39, 0.29) is 6.42 Å². The summed E-state index contributed by atoms with van der Waals surface area (Å²) in [5, 5.41) is 8.82. The Kier molecular flexibility index (Phi) is 3.45. The van der Waals surface area contributed by atoms with Gasteiger partial charge in [-0.15, -0.1) is 0 Å². The van der Waals surface area contributed by atoms with Crippen molar-refractivity contribution in [3.8, 4) is 0 Å². The van der Waals surface area contributed by atoms with Crippen LogP contribution in [0, 0.1) is 0 Å². The van der Waals surface area contributed by atoms with Crippen LogP contribution in [0.25, 0.3) is 0 Å². The number of carboxylic acid groups (broad SMARTS) is 1. The van der Waals surface area contributed by atoms with Gasteiger partial charge in [-0.3, -0.25) is 9.69 Å². The number of nitrogens with two attached hydrogens (primary N) is 1. The minimum absolute atomic E-state index is 0.0539. The van der Waals surface area contributed by atoms with Crippen molar-refractivity contribution in [2.45, 2.75) is 24.9 Å². The fourth-order valence-corrected chi connectivity index (χ4v) is 2.41. The van der Waals surface area contributed by atoms with Gasteiger partial charge in [0.25, 0.3) is 0 Å². The predicted octanol–water partition coefficient (Wildman–Crippen LogP) is 1.06. The highest BCUT2D eigenvalue weighted by molar-refractivity contribution is 5.68. The SMILES string of the molecule is NC1(CC(=O)O)CCN(Cc2ccccc2)C1. The molecule has 0 amide bonds. The molecule has 0 spiro atoms. The third kappa shape index (κ3) is 3.28. The van der Waals surface area contributed by atoms with Gasteiger partial charge in [-0.25, -0.2) is 0 Å². The normalized spacial score (nSPS) is 25.0. The first kappa shape index (κ1) is 12.1. The molecule has 1 aromatic carbocycles. The second-order valence-corrected chi connectivity index (χ2v) is 4.88. The van der Waals surface area contributed by atoms with Crippen molar-refractivity contribution in [2.24, 2.45) is 5.73 Å². The first-order valence-corrected chi connectivity index (χ1v) is 5.84. The van der Waals surface area contributed by atoms with Crippen molar-refractivity contribution in [3.63, 3.8) is 0 Å². The van der Waals surface area contributed by atoms with Gasteiger partial charge >= 0.3 is 5.97 Å². The number of aliphatic carboxylic acids is 1. The van der Waals surface area contributed by atoms with Crippen LogP contribution in [-0.4, -0.2) is 34.6 Å². The molecule has 3 N–H and O–H groups in total. The molecule has 4 nitrogen and oxygen atoms in total. The Morgan fingerprint density at radius 1 is 1.41 bits per heavy atom. The van der Waals surface area contributed by atoms with E-state index in [1.54, 1.807) is 0 Å². The van der Waals surface area contributed by atoms with Crippen LogP contribution in [0.4, 0.5) is 0 Å². The quantitative estimate of drug-likeness (QED) is 0.817. The molecule has 1 saturated heterocycles. The highest BCUT2D eigenvalue weighted by Crippen LogP contribution is 2.23.